The molecule has 0 saturated heterocycles. The van der Waals surface area contributed by atoms with Crippen LogP contribution in [0.1, 0.15) is 31.2 Å². The summed E-state index contributed by atoms with van der Waals surface area (Å²) in [5.74, 6) is 0.0811. The van der Waals surface area contributed by atoms with Crippen molar-refractivity contribution in [3.8, 4) is 0 Å². The summed E-state index contributed by atoms with van der Waals surface area (Å²) in [5, 5.41) is 21.8. The van der Waals surface area contributed by atoms with Gasteiger partial charge >= 0.3 is 0 Å². The second-order valence-electron chi connectivity index (χ2n) is 5.18. The van der Waals surface area contributed by atoms with Gasteiger partial charge in [-0.3, -0.25) is 0 Å². The Balaban J connectivity index is 2.24. The molecule has 2 unspecified atom stereocenters. The van der Waals surface area contributed by atoms with Gasteiger partial charge in [-0.1, -0.05) is 18.0 Å². The molecule has 1 fully saturated rings. The van der Waals surface area contributed by atoms with Gasteiger partial charge in [0.2, 0.25) is 0 Å². The fourth-order valence-corrected chi connectivity index (χ4v) is 3.39. The summed E-state index contributed by atoms with van der Waals surface area (Å²) in [6.45, 7) is 0. The van der Waals surface area contributed by atoms with Crippen molar-refractivity contribution in [2.45, 2.75) is 37.8 Å². The molecule has 0 aliphatic heterocycles. The van der Waals surface area contributed by atoms with Crippen LogP contribution in [0.3, 0.4) is 0 Å². The van der Waals surface area contributed by atoms with Crippen molar-refractivity contribution in [3.05, 3.63) is 28.2 Å². The standard InChI is InChI=1S/C14H20BrN3O2/c1-18(12-4-2-3-5-13(12)19)11-7-6-9(8-10(11)15)14(16)17-20/h6-8,12-13,19-20H,2-5H2,1H3,(H2,16,17). The molecule has 0 aromatic heterocycles. The van der Waals surface area contributed by atoms with Gasteiger partial charge in [0.05, 0.1) is 17.8 Å². The van der Waals surface area contributed by atoms with E-state index in [4.69, 9.17) is 10.9 Å². The van der Waals surface area contributed by atoms with Crippen molar-refractivity contribution in [2.75, 3.05) is 11.9 Å². The third kappa shape index (κ3) is 3.07. The van der Waals surface area contributed by atoms with Gasteiger partial charge in [-0.15, -0.1) is 0 Å². The van der Waals surface area contributed by atoms with Crippen LogP contribution >= 0.6 is 15.9 Å². The van der Waals surface area contributed by atoms with Crippen LogP contribution in [0.4, 0.5) is 5.69 Å². The summed E-state index contributed by atoms with van der Waals surface area (Å²) in [4.78, 5) is 2.10. The van der Waals surface area contributed by atoms with E-state index in [2.05, 4.69) is 26.0 Å². The lowest BCUT2D eigenvalue weighted by Crippen LogP contribution is -2.43. The van der Waals surface area contributed by atoms with E-state index in [0.29, 0.717) is 5.56 Å². The summed E-state index contributed by atoms with van der Waals surface area (Å²) in [5.41, 5.74) is 7.22. The van der Waals surface area contributed by atoms with E-state index in [1.807, 2.05) is 19.2 Å². The number of hydrogen-bond donors (Lipinski definition) is 3. The van der Waals surface area contributed by atoms with E-state index in [-0.39, 0.29) is 18.0 Å². The number of benzene rings is 1. The molecule has 0 radical (unpaired) electrons. The average molecular weight is 342 g/mol. The quantitative estimate of drug-likeness (QED) is 0.341. The van der Waals surface area contributed by atoms with Crippen molar-refractivity contribution in [1.82, 2.24) is 0 Å². The maximum atomic E-state index is 10.1. The molecule has 6 heteroatoms. The number of anilines is 1. The first-order valence-electron chi connectivity index (χ1n) is 6.73. The summed E-state index contributed by atoms with van der Waals surface area (Å²) in [6, 6.07) is 5.67. The van der Waals surface area contributed by atoms with Gasteiger partial charge in [0, 0.05) is 17.1 Å². The molecule has 1 saturated carbocycles. The van der Waals surface area contributed by atoms with Crippen molar-refractivity contribution >= 4 is 27.5 Å². The number of oxime groups is 1. The van der Waals surface area contributed by atoms with Gasteiger partial charge in [0.25, 0.3) is 0 Å². The molecule has 2 atom stereocenters. The van der Waals surface area contributed by atoms with Gasteiger partial charge in [-0.2, -0.15) is 0 Å². The van der Waals surface area contributed by atoms with Gasteiger partial charge in [0.15, 0.2) is 5.84 Å². The van der Waals surface area contributed by atoms with Crippen LogP contribution in [0.2, 0.25) is 0 Å². The lowest BCUT2D eigenvalue weighted by atomic mass is 9.91. The zero-order valence-electron chi connectivity index (χ0n) is 11.5. The number of rotatable bonds is 3. The maximum absolute atomic E-state index is 10.1. The molecule has 2 rings (SSSR count). The fraction of sp³-hybridized carbons (Fsp3) is 0.500. The Morgan fingerprint density at radius 1 is 1.40 bits per heavy atom. The molecule has 20 heavy (non-hydrogen) atoms. The fourth-order valence-electron chi connectivity index (χ4n) is 2.73. The second-order valence-corrected chi connectivity index (χ2v) is 6.04. The molecule has 1 aliphatic rings. The third-order valence-corrected chi connectivity index (χ3v) is 4.56. The van der Waals surface area contributed by atoms with Crippen LogP contribution in [0.25, 0.3) is 0 Å². The van der Waals surface area contributed by atoms with E-state index in [1.54, 1.807) is 6.07 Å². The summed E-state index contributed by atoms with van der Waals surface area (Å²) in [6.07, 6.45) is 3.80. The number of amidine groups is 1. The Labute approximate surface area is 127 Å². The first-order chi connectivity index (χ1) is 9.54. The van der Waals surface area contributed by atoms with E-state index in [1.165, 1.54) is 0 Å². The molecule has 0 heterocycles. The first kappa shape index (κ1) is 15.1. The van der Waals surface area contributed by atoms with Crippen molar-refractivity contribution in [2.24, 2.45) is 10.9 Å². The van der Waals surface area contributed by atoms with Crippen LogP contribution in [0, 0.1) is 0 Å². The monoisotopic (exact) mass is 341 g/mol. The van der Waals surface area contributed by atoms with Crippen molar-refractivity contribution in [3.63, 3.8) is 0 Å². The SMILES string of the molecule is CN(c1ccc(/C(N)=N/O)cc1Br)C1CCCCC1O. The lowest BCUT2D eigenvalue weighted by Gasteiger charge is -2.37. The van der Waals surface area contributed by atoms with Crippen LogP contribution in [0.5, 0.6) is 0 Å². The van der Waals surface area contributed by atoms with E-state index in [0.717, 1.165) is 35.8 Å². The Morgan fingerprint density at radius 2 is 2.10 bits per heavy atom. The van der Waals surface area contributed by atoms with Gasteiger partial charge < -0.3 is 20.9 Å². The van der Waals surface area contributed by atoms with E-state index in [9.17, 15) is 5.11 Å². The number of halogens is 1. The highest BCUT2D eigenvalue weighted by Crippen LogP contribution is 2.32. The normalized spacial score (nSPS) is 23.6. The zero-order valence-corrected chi connectivity index (χ0v) is 13.0. The molecule has 4 N–H and O–H groups in total. The van der Waals surface area contributed by atoms with Crippen LogP contribution < -0.4 is 10.6 Å². The number of likely N-dealkylation sites (N-methyl/N-ethyl adjacent to an activating group) is 1. The molecule has 1 aromatic carbocycles. The average Bonchev–Trinajstić information content (AvgIpc) is 2.46. The van der Waals surface area contributed by atoms with Gasteiger partial charge in [-0.25, -0.2) is 0 Å². The highest BCUT2D eigenvalue weighted by molar-refractivity contribution is 9.10. The molecule has 110 valence electrons. The number of nitrogens with two attached hydrogens (primary N) is 1. The first-order valence-corrected chi connectivity index (χ1v) is 7.52. The van der Waals surface area contributed by atoms with Crippen molar-refractivity contribution in [1.29, 1.82) is 0 Å². The van der Waals surface area contributed by atoms with Crippen LogP contribution in [-0.4, -0.2) is 35.3 Å². The number of aliphatic hydroxyl groups excluding tert-OH is 1. The Bertz CT molecular complexity index is 507. The maximum Gasteiger partial charge on any atom is 0.170 e. The molecule has 0 spiro atoms. The minimum atomic E-state index is -0.288. The topological polar surface area (TPSA) is 82.1 Å². The number of aliphatic hydroxyl groups is 1. The predicted octanol–water partition coefficient (Wildman–Crippen LogP) is 2.28. The van der Waals surface area contributed by atoms with Crippen LogP contribution in [-0.2, 0) is 0 Å². The second kappa shape index (κ2) is 6.45. The highest BCUT2D eigenvalue weighted by atomic mass is 79.9. The predicted molar refractivity (Wildman–Crippen MR) is 83.3 cm³/mol. The highest BCUT2D eigenvalue weighted by Gasteiger charge is 2.27. The molecule has 0 amide bonds. The molecular weight excluding hydrogens is 322 g/mol. The molecule has 5 nitrogen and oxygen atoms in total. The van der Waals surface area contributed by atoms with Gasteiger partial charge in [-0.05, 0) is 47.0 Å². The van der Waals surface area contributed by atoms with E-state index >= 15 is 0 Å². The Kier molecular flexibility index (Phi) is 4.88. The third-order valence-electron chi connectivity index (χ3n) is 3.92. The largest absolute Gasteiger partial charge is 0.409 e. The summed E-state index contributed by atoms with van der Waals surface area (Å²) >= 11 is 3.52. The molecular formula is C14H20BrN3O2. The smallest absolute Gasteiger partial charge is 0.170 e. The summed E-state index contributed by atoms with van der Waals surface area (Å²) in [7, 11) is 1.99. The lowest BCUT2D eigenvalue weighted by molar-refractivity contribution is 0.106. The zero-order chi connectivity index (χ0) is 14.7. The molecule has 1 aliphatic carbocycles. The Morgan fingerprint density at radius 3 is 2.70 bits per heavy atom. The summed E-state index contributed by atoms with van der Waals surface area (Å²) < 4.78 is 0.863. The van der Waals surface area contributed by atoms with Crippen LogP contribution in [0.15, 0.2) is 27.8 Å². The van der Waals surface area contributed by atoms with Crippen molar-refractivity contribution < 1.29 is 10.3 Å². The molecule has 0 bridgehead atoms. The Hall–Kier alpha value is -1.27. The number of hydrogen-bond acceptors (Lipinski definition) is 4. The van der Waals surface area contributed by atoms with E-state index < -0.39 is 0 Å². The minimum absolute atomic E-state index is 0.0811. The minimum Gasteiger partial charge on any atom is -0.409 e. The number of nitrogens with zero attached hydrogens (tertiary/aromatic N) is 2. The molecule has 1 aromatic rings. The van der Waals surface area contributed by atoms with Gasteiger partial charge in [0.1, 0.15) is 0 Å².